The molecule has 1 unspecified atom stereocenters. The van der Waals surface area contributed by atoms with Crippen molar-refractivity contribution in [2.24, 2.45) is 0 Å². The number of rotatable bonds is 3. The van der Waals surface area contributed by atoms with Gasteiger partial charge >= 0.3 is 16.1 Å². The fourth-order valence-corrected chi connectivity index (χ4v) is 0.521. The molecule has 0 aromatic rings. The van der Waals surface area contributed by atoms with Crippen molar-refractivity contribution in [2.75, 3.05) is 0 Å². The molecular weight excluding hydrogens is 198 g/mol. The lowest BCUT2D eigenvalue weighted by Gasteiger charge is -2.08. The molecule has 0 aliphatic carbocycles. The summed E-state index contributed by atoms with van der Waals surface area (Å²) >= 11 is 0. The van der Waals surface area contributed by atoms with Crippen molar-refractivity contribution in [2.45, 2.75) is 19.3 Å². The van der Waals surface area contributed by atoms with Crippen LogP contribution in [0.15, 0.2) is 12.2 Å². The second-order valence-electron chi connectivity index (χ2n) is 2.27. The quantitative estimate of drug-likeness (QED) is 0.406. The molecule has 0 saturated carbocycles. The highest BCUT2D eigenvalue weighted by Gasteiger charge is 2.21. The summed E-state index contributed by atoms with van der Waals surface area (Å²) in [6, 6.07) is 0. The van der Waals surface area contributed by atoms with Crippen molar-refractivity contribution >= 4 is 16.1 Å². The third kappa shape index (κ3) is 5.34. The van der Waals surface area contributed by atoms with Gasteiger partial charge in [0.25, 0.3) is 0 Å². The van der Waals surface area contributed by atoms with Gasteiger partial charge < -0.3 is 10.9 Å². The van der Waals surface area contributed by atoms with E-state index in [-0.39, 0.29) is 11.7 Å². The Morgan fingerprint density at radius 3 is 2.15 bits per heavy atom. The van der Waals surface area contributed by atoms with E-state index in [1.54, 1.807) is 0 Å². The van der Waals surface area contributed by atoms with Gasteiger partial charge in [-0.15, -0.1) is 0 Å². The molecule has 5 N–H and O–H groups in total. The van der Waals surface area contributed by atoms with Gasteiger partial charge in [0.05, 0.1) is 0 Å². The fraction of sp³-hybridized carbons (Fsp3) is 0.500. The van der Waals surface area contributed by atoms with Crippen molar-refractivity contribution in [3.8, 4) is 0 Å². The second-order valence-corrected chi connectivity index (χ2v) is 3.96. The molecule has 0 aromatic heterocycles. The van der Waals surface area contributed by atoms with Crippen LogP contribution in [0, 0.1) is 0 Å². The van der Waals surface area contributed by atoms with Gasteiger partial charge in [-0.05, 0) is 13.8 Å². The molecule has 13 heavy (non-hydrogen) atoms. The lowest BCUT2D eigenvalue weighted by Crippen LogP contribution is -2.23. The summed E-state index contributed by atoms with van der Waals surface area (Å²) in [5.41, 5.74) is -1.48. The zero-order valence-electron chi connectivity index (χ0n) is 7.77. The average Bonchev–Trinajstić information content (AvgIpc) is 1.85. The van der Waals surface area contributed by atoms with Crippen molar-refractivity contribution in [3.63, 3.8) is 0 Å². The Kier molecular flexibility index (Phi) is 5.56. The molecular formula is C6H14NO5S+. The summed E-state index contributed by atoms with van der Waals surface area (Å²) < 4.78 is 33.4. The van der Waals surface area contributed by atoms with Gasteiger partial charge in [-0.3, -0.25) is 4.55 Å². The van der Waals surface area contributed by atoms with Crippen molar-refractivity contribution in [1.29, 1.82) is 0 Å². The molecule has 0 heterocycles. The molecule has 7 heteroatoms. The van der Waals surface area contributed by atoms with Crippen molar-refractivity contribution in [1.82, 2.24) is 6.15 Å². The summed E-state index contributed by atoms with van der Waals surface area (Å²) in [6.07, 6.45) is 0. The number of hydrogen-bond acceptors (Lipinski definition) is 4. The van der Waals surface area contributed by atoms with Crippen LogP contribution in [0.5, 0.6) is 0 Å². The van der Waals surface area contributed by atoms with Gasteiger partial charge in [-0.25, -0.2) is 4.79 Å². The SMILES string of the molecule is C=C(C)C(=O)OC(C)S(=O)(=O)O.[NH4+]. The molecule has 0 fully saturated rings. The van der Waals surface area contributed by atoms with E-state index in [2.05, 4.69) is 11.3 Å². The normalized spacial score (nSPS) is 12.5. The Morgan fingerprint density at radius 1 is 1.54 bits per heavy atom. The first-order chi connectivity index (χ1) is 5.25. The number of esters is 1. The van der Waals surface area contributed by atoms with E-state index in [0.717, 1.165) is 6.92 Å². The maximum absolute atomic E-state index is 10.7. The molecule has 0 radical (unpaired) electrons. The zero-order chi connectivity index (χ0) is 9.94. The van der Waals surface area contributed by atoms with Gasteiger partial charge in [0, 0.05) is 5.57 Å². The molecule has 1 atom stereocenters. The van der Waals surface area contributed by atoms with E-state index in [9.17, 15) is 13.2 Å². The summed E-state index contributed by atoms with van der Waals surface area (Å²) in [4.78, 5) is 10.7. The molecule has 0 aliphatic rings. The molecule has 0 rings (SSSR count). The van der Waals surface area contributed by atoms with E-state index in [0.29, 0.717) is 0 Å². The van der Waals surface area contributed by atoms with Gasteiger partial charge in [0.2, 0.25) is 5.44 Å². The number of ether oxygens (including phenoxy) is 1. The number of hydrogen-bond donors (Lipinski definition) is 2. The molecule has 0 aromatic carbocycles. The standard InChI is InChI=1S/C6H10O5S.H3N/c1-4(2)6(7)11-5(3)12(8,9)10;/h5H,1H2,2-3H3,(H,8,9,10);1H3/p+1. The second kappa shape index (κ2) is 4.95. The monoisotopic (exact) mass is 212 g/mol. The molecule has 0 aliphatic heterocycles. The third-order valence-electron chi connectivity index (χ3n) is 1.04. The highest BCUT2D eigenvalue weighted by Crippen LogP contribution is 2.03. The maximum atomic E-state index is 10.7. The zero-order valence-corrected chi connectivity index (χ0v) is 8.59. The lowest BCUT2D eigenvalue weighted by molar-refractivity contribution is -0.140. The topological polar surface area (TPSA) is 117 Å². The minimum atomic E-state index is -4.32. The van der Waals surface area contributed by atoms with Crippen molar-refractivity contribution in [3.05, 3.63) is 12.2 Å². The first kappa shape index (κ1) is 14.6. The van der Waals surface area contributed by atoms with E-state index in [4.69, 9.17) is 4.55 Å². The molecule has 6 nitrogen and oxygen atoms in total. The van der Waals surface area contributed by atoms with Gasteiger partial charge in [-0.2, -0.15) is 8.42 Å². The van der Waals surface area contributed by atoms with Gasteiger partial charge in [-0.1, -0.05) is 6.58 Å². The predicted molar refractivity (Wildman–Crippen MR) is 47.9 cm³/mol. The predicted octanol–water partition coefficient (Wildman–Crippen LogP) is 0.716. The number of carbonyl (C=O) groups excluding carboxylic acids is 1. The first-order valence-electron chi connectivity index (χ1n) is 3.08. The molecule has 0 bridgehead atoms. The summed E-state index contributed by atoms with van der Waals surface area (Å²) in [5.74, 6) is -0.847. The van der Waals surface area contributed by atoms with E-state index >= 15 is 0 Å². The fourth-order valence-electron chi connectivity index (χ4n) is 0.312. The van der Waals surface area contributed by atoms with Crippen LogP contribution in [-0.2, 0) is 19.6 Å². The van der Waals surface area contributed by atoms with Crippen LogP contribution in [0.4, 0.5) is 0 Å². The number of carbonyl (C=O) groups is 1. The Labute approximate surface area is 76.9 Å². The summed E-state index contributed by atoms with van der Waals surface area (Å²) in [6.45, 7) is 5.66. The Hall–Kier alpha value is -0.920. The van der Waals surface area contributed by atoms with Crippen LogP contribution in [0.3, 0.4) is 0 Å². The van der Waals surface area contributed by atoms with E-state index < -0.39 is 21.5 Å². The lowest BCUT2D eigenvalue weighted by atomic mass is 10.4. The van der Waals surface area contributed by atoms with Crippen LogP contribution in [0.1, 0.15) is 13.8 Å². The van der Waals surface area contributed by atoms with Crippen LogP contribution in [0.2, 0.25) is 0 Å². The van der Waals surface area contributed by atoms with Crippen LogP contribution in [-0.4, -0.2) is 24.4 Å². The van der Waals surface area contributed by atoms with E-state index in [1.165, 1.54) is 6.92 Å². The third-order valence-corrected chi connectivity index (χ3v) is 1.98. The average molecular weight is 212 g/mol. The van der Waals surface area contributed by atoms with Crippen LogP contribution in [0.25, 0.3) is 0 Å². The minimum Gasteiger partial charge on any atom is -0.440 e. The highest BCUT2D eigenvalue weighted by atomic mass is 32.2. The van der Waals surface area contributed by atoms with Crippen molar-refractivity contribution < 1.29 is 22.5 Å². The van der Waals surface area contributed by atoms with Crippen LogP contribution >= 0.6 is 0 Å². The van der Waals surface area contributed by atoms with Crippen LogP contribution < -0.4 is 6.15 Å². The Bertz CT molecular complexity index is 294. The number of quaternary nitrogens is 1. The maximum Gasteiger partial charge on any atom is 0.334 e. The minimum absolute atomic E-state index is 0. The summed E-state index contributed by atoms with van der Waals surface area (Å²) in [7, 11) is -4.32. The largest absolute Gasteiger partial charge is 0.440 e. The Balaban J connectivity index is 0. The smallest absolute Gasteiger partial charge is 0.334 e. The van der Waals surface area contributed by atoms with Gasteiger partial charge in [0.1, 0.15) is 0 Å². The van der Waals surface area contributed by atoms with E-state index in [1.807, 2.05) is 0 Å². The molecule has 0 saturated heterocycles. The summed E-state index contributed by atoms with van der Waals surface area (Å²) in [5, 5.41) is 0. The molecule has 0 amide bonds. The van der Waals surface area contributed by atoms with Gasteiger partial charge in [0.15, 0.2) is 0 Å². The molecule has 78 valence electrons. The Morgan fingerprint density at radius 2 is 1.92 bits per heavy atom. The highest BCUT2D eigenvalue weighted by molar-refractivity contribution is 7.86. The first-order valence-corrected chi connectivity index (χ1v) is 4.58. The molecule has 0 spiro atoms.